The van der Waals surface area contributed by atoms with E-state index in [0.29, 0.717) is 6.54 Å². The molecule has 0 aromatic carbocycles. The Morgan fingerprint density at radius 1 is 1.67 bits per heavy atom. The van der Waals surface area contributed by atoms with Gasteiger partial charge < -0.3 is 14.8 Å². The lowest BCUT2D eigenvalue weighted by molar-refractivity contribution is -0.147. The van der Waals surface area contributed by atoms with Gasteiger partial charge in [-0.25, -0.2) is 4.79 Å². The summed E-state index contributed by atoms with van der Waals surface area (Å²) in [7, 11) is 0. The van der Waals surface area contributed by atoms with E-state index in [1.165, 1.54) is 0 Å². The average molecular weight is 213 g/mol. The Balaban J connectivity index is 2.49. The zero-order valence-electron chi connectivity index (χ0n) is 8.63. The summed E-state index contributed by atoms with van der Waals surface area (Å²) in [5.41, 5.74) is 0. The summed E-state index contributed by atoms with van der Waals surface area (Å²) in [6, 6.07) is 0. The van der Waals surface area contributed by atoms with Gasteiger partial charge in [0.2, 0.25) is 0 Å². The first-order valence-electron chi connectivity index (χ1n) is 4.92. The zero-order valence-corrected chi connectivity index (χ0v) is 8.63. The van der Waals surface area contributed by atoms with Crippen LogP contribution in [-0.2, 0) is 17.8 Å². The Morgan fingerprint density at radius 3 is 3.00 bits per heavy atom. The van der Waals surface area contributed by atoms with Crippen molar-refractivity contribution in [3.63, 3.8) is 0 Å². The number of carboxylic acid groups (broad SMARTS) is 1. The van der Waals surface area contributed by atoms with Crippen molar-refractivity contribution in [1.29, 1.82) is 0 Å². The molecule has 0 saturated carbocycles. The molecule has 0 aliphatic heterocycles. The van der Waals surface area contributed by atoms with Gasteiger partial charge in [-0.15, -0.1) is 10.2 Å². The highest BCUT2D eigenvalue weighted by Crippen LogP contribution is 2.02. The number of hydrogen-bond acceptors (Lipinski definition) is 4. The fraction of sp³-hybridized carbons (Fsp3) is 0.667. The second-order valence-corrected chi connectivity index (χ2v) is 3.33. The molecule has 0 fully saturated rings. The molecule has 0 aliphatic carbocycles. The van der Waals surface area contributed by atoms with Crippen LogP contribution in [0.25, 0.3) is 0 Å². The molecule has 1 rings (SSSR count). The minimum Gasteiger partial charge on any atom is -0.479 e. The highest BCUT2D eigenvalue weighted by molar-refractivity contribution is 5.71. The largest absolute Gasteiger partial charge is 0.479 e. The van der Waals surface area contributed by atoms with E-state index < -0.39 is 12.1 Å². The fourth-order valence-corrected chi connectivity index (χ4v) is 1.27. The number of carbonyl (C=O) groups is 1. The first-order chi connectivity index (χ1) is 7.15. The number of nitrogens with zero attached hydrogens (tertiary/aromatic N) is 3. The van der Waals surface area contributed by atoms with E-state index in [0.717, 1.165) is 18.7 Å². The maximum Gasteiger partial charge on any atom is 0.332 e. The van der Waals surface area contributed by atoms with Crippen molar-refractivity contribution in [3.05, 3.63) is 12.2 Å². The SMILES string of the molecule is CCCc1nncn1CCC(O)C(=O)O. The van der Waals surface area contributed by atoms with E-state index in [2.05, 4.69) is 10.2 Å². The van der Waals surface area contributed by atoms with Crippen molar-refractivity contribution in [2.75, 3.05) is 0 Å². The van der Waals surface area contributed by atoms with Gasteiger partial charge in [-0.2, -0.15) is 0 Å². The number of hydrogen-bond donors (Lipinski definition) is 2. The molecular weight excluding hydrogens is 198 g/mol. The molecule has 1 heterocycles. The molecule has 1 unspecified atom stereocenters. The number of rotatable bonds is 6. The topological polar surface area (TPSA) is 88.2 Å². The van der Waals surface area contributed by atoms with Crippen LogP contribution in [0.1, 0.15) is 25.6 Å². The minimum absolute atomic E-state index is 0.171. The molecular formula is C9H15N3O3. The van der Waals surface area contributed by atoms with Crippen molar-refractivity contribution in [1.82, 2.24) is 14.8 Å². The van der Waals surface area contributed by atoms with Crippen molar-refractivity contribution in [2.24, 2.45) is 0 Å². The van der Waals surface area contributed by atoms with Crippen LogP contribution in [-0.4, -0.2) is 37.1 Å². The molecule has 0 amide bonds. The minimum atomic E-state index is -1.32. The van der Waals surface area contributed by atoms with Crippen molar-refractivity contribution >= 4 is 5.97 Å². The first kappa shape index (κ1) is 11.6. The number of aliphatic hydroxyl groups excluding tert-OH is 1. The standard InChI is InChI=1S/C9H15N3O3/c1-2-3-8-11-10-6-12(8)5-4-7(13)9(14)15/h6-7,13H,2-5H2,1H3,(H,14,15). The number of aliphatic carboxylic acids is 1. The van der Waals surface area contributed by atoms with E-state index in [1.54, 1.807) is 10.9 Å². The second kappa shape index (κ2) is 5.45. The van der Waals surface area contributed by atoms with E-state index in [4.69, 9.17) is 10.2 Å². The van der Waals surface area contributed by atoms with Gasteiger partial charge in [0.15, 0.2) is 6.10 Å². The molecule has 2 N–H and O–H groups in total. The van der Waals surface area contributed by atoms with Crippen LogP contribution in [0.2, 0.25) is 0 Å². The molecule has 1 atom stereocenters. The average Bonchev–Trinajstić information content (AvgIpc) is 2.62. The van der Waals surface area contributed by atoms with Gasteiger partial charge in [0.25, 0.3) is 0 Å². The Labute approximate surface area is 87.6 Å². The van der Waals surface area contributed by atoms with Gasteiger partial charge >= 0.3 is 5.97 Å². The predicted molar refractivity (Wildman–Crippen MR) is 52.3 cm³/mol. The number of carboxylic acids is 1. The lowest BCUT2D eigenvalue weighted by Crippen LogP contribution is -2.21. The maximum absolute atomic E-state index is 10.4. The first-order valence-corrected chi connectivity index (χ1v) is 4.92. The summed E-state index contributed by atoms with van der Waals surface area (Å²) >= 11 is 0. The summed E-state index contributed by atoms with van der Waals surface area (Å²) in [5, 5.41) is 25.2. The number of aryl methyl sites for hydroxylation is 2. The molecule has 15 heavy (non-hydrogen) atoms. The van der Waals surface area contributed by atoms with Gasteiger partial charge in [0, 0.05) is 19.4 Å². The maximum atomic E-state index is 10.4. The smallest absolute Gasteiger partial charge is 0.332 e. The Hall–Kier alpha value is -1.43. The lowest BCUT2D eigenvalue weighted by Gasteiger charge is -2.07. The van der Waals surface area contributed by atoms with E-state index in [-0.39, 0.29) is 6.42 Å². The molecule has 0 aliphatic rings. The van der Waals surface area contributed by atoms with E-state index in [1.807, 2.05) is 6.92 Å². The van der Waals surface area contributed by atoms with Gasteiger partial charge in [-0.05, 0) is 6.42 Å². The summed E-state index contributed by atoms with van der Waals surface area (Å²) in [6.45, 7) is 2.46. The van der Waals surface area contributed by atoms with Crippen LogP contribution in [0.15, 0.2) is 6.33 Å². The van der Waals surface area contributed by atoms with Gasteiger partial charge in [-0.3, -0.25) is 0 Å². The van der Waals surface area contributed by atoms with Crippen molar-refractivity contribution in [2.45, 2.75) is 38.8 Å². The molecule has 6 nitrogen and oxygen atoms in total. The van der Waals surface area contributed by atoms with Gasteiger partial charge in [0.05, 0.1) is 0 Å². The molecule has 1 aromatic rings. The highest BCUT2D eigenvalue weighted by Gasteiger charge is 2.13. The third kappa shape index (κ3) is 3.32. The molecule has 0 saturated heterocycles. The predicted octanol–water partition coefficient (Wildman–Crippen LogP) is 0.0662. The van der Waals surface area contributed by atoms with Crippen molar-refractivity contribution in [3.8, 4) is 0 Å². The van der Waals surface area contributed by atoms with Crippen LogP contribution < -0.4 is 0 Å². The quantitative estimate of drug-likeness (QED) is 0.698. The third-order valence-corrected chi connectivity index (χ3v) is 2.10. The van der Waals surface area contributed by atoms with Crippen LogP contribution in [0, 0.1) is 0 Å². The Morgan fingerprint density at radius 2 is 2.40 bits per heavy atom. The summed E-state index contributed by atoms with van der Waals surface area (Å²) in [6.07, 6.45) is 2.18. The fourth-order valence-electron chi connectivity index (χ4n) is 1.27. The third-order valence-electron chi connectivity index (χ3n) is 2.10. The highest BCUT2D eigenvalue weighted by atomic mass is 16.4. The molecule has 1 aromatic heterocycles. The van der Waals surface area contributed by atoms with E-state index >= 15 is 0 Å². The molecule has 0 spiro atoms. The van der Waals surface area contributed by atoms with Crippen LogP contribution in [0.5, 0.6) is 0 Å². The Bertz CT molecular complexity index is 324. The van der Waals surface area contributed by atoms with Crippen LogP contribution >= 0.6 is 0 Å². The van der Waals surface area contributed by atoms with Crippen molar-refractivity contribution < 1.29 is 15.0 Å². The lowest BCUT2D eigenvalue weighted by atomic mass is 10.2. The Kier molecular flexibility index (Phi) is 4.23. The monoisotopic (exact) mass is 213 g/mol. The molecule has 0 radical (unpaired) electrons. The molecule has 84 valence electrons. The summed E-state index contributed by atoms with van der Waals surface area (Å²) in [4.78, 5) is 10.4. The normalized spacial score (nSPS) is 12.7. The van der Waals surface area contributed by atoms with Crippen LogP contribution in [0.4, 0.5) is 0 Å². The zero-order chi connectivity index (χ0) is 11.3. The number of aliphatic hydroxyl groups is 1. The summed E-state index contributed by atoms with van der Waals surface area (Å²) in [5.74, 6) is -0.366. The number of aromatic nitrogens is 3. The van der Waals surface area contributed by atoms with Gasteiger partial charge in [0.1, 0.15) is 12.2 Å². The molecule has 0 bridgehead atoms. The van der Waals surface area contributed by atoms with E-state index in [9.17, 15) is 4.79 Å². The molecule has 6 heteroatoms. The van der Waals surface area contributed by atoms with Crippen LogP contribution in [0.3, 0.4) is 0 Å². The van der Waals surface area contributed by atoms with Gasteiger partial charge in [-0.1, -0.05) is 6.92 Å². The second-order valence-electron chi connectivity index (χ2n) is 3.33. The summed E-state index contributed by atoms with van der Waals surface area (Å²) < 4.78 is 1.77.